The topological polar surface area (TPSA) is 30.7 Å². The van der Waals surface area contributed by atoms with Crippen molar-refractivity contribution in [3.63, 3.8) is 0 Å². The van der Waals surface area contributed by atoms with Gasteiger partial charge < -0.3 is 0 Å². The number of benzene rings is 1. The molecule has 2 aromatic heterocycles. The molecule has 0 unspecified atom stereocenters. The van der Waals surface area contributed by atoms with E-state index in [1.807, 2.05) is 48.6 Å². The summed E-state index contributed by atoms with van der Waals surface area (Å²) in [5.74, 6) is 0. The van der Waals surface area contributed by atoms with Gasteiger partial charge in [0, 0.05) is 36.6 Å². The molecule has 0 saturated heterocycles. The molecule has 3 rings (SSSR count). The zero-order chi connectivity index (χ0) is 11.0. The van der Waals surface area contributed by atoms with Crippen LogP contribution in [0.5, 0.6) is 0 Å². The van der Waals surface area contributed by atoms with Crippen LogP contribution in [0.4, 0.5) is 0 Å². The summed E-state index contributed by atoms with van der Waals surface area (Å²) in [6.45, 7) is 0. The van der Waals surface area contributed by atoms with E-state index in [2.05, 4.69) is 22.2 Å². The van der Waals surface area contributed by atoms with E-state index in [-0.39, 0.29) is 0 Å². The number of aromatic nitrogens is 3. The quantitative estimate of drug-likeness (QED) is 0.616. The lowest BCUT2D eigenvalue weighted by molar-refractivity contribution is 0.768. The first kappa shape index (κ1) is 9.09. The molecule has 3 nitrogen and oxygen atoms in total. The van der Waals surface area contributed by atoms with Crippen LogP contribution in [-0.4, -0.2) is 14.8 Å². The summed E-state index contributed by atoms with van der Waals surface area (Å²) >= 11 is 0. The second-order valence-electron chi connectivity index (χ2n) is 3.81. The van der Waals surface area contributed by atoms with Gasteiger partial charge in [-0.2, -0.15) is 5.10 Å². The molecule has 0 amide bonds. The molecule has 0 fully saturated rings. The van der Waals surface area contributed by atoms with Crippen molar-refractivity contribution in [2.24, 2.45) is 7.05 Å². The molecular weight excluding hydrogens is 198 g/mol. The second-order valence-corrected chi connectivity index (χ2v) is 3.81. The van der Waals surface area contributed by atoms with E-state index in [9.17, 15) is 0 Å². The lowest BCUT2D eigenvalue weighted by Gasteiger charge is -2.02. The maximum Gasteiger partial charge on any atom is 0.0568 e. The van der Waals surface area contributed by atoms with Crippen LogP contribution in [0.1, 0.15) is 0 Å². The van der Waals surface area contributed by atoms with Gasteiger partial charge in [0.15, 0.2) is 0 Å². The number of pyridine rings is 1. The van der Waals surface area contributed by atoms with Crippen molar-refractivity contribution in [1.82, 2.24) is 14.8 Å². The number of hydrogen-bond acceptors (Lipinski definition) is 2. The minimum absolute atomic E-state index is 1.14. The molecule has 0 atom stereocenters. The molecule has 2 heterocycles. The first-order valence-corrected chi connectivity index (χ1v) is 5.16. The van der Waals surface area contributed by atoms with Gasteiger partial charge in [-0.25, -0.2) is 0 Å². The van der Waals surface area contributed by atoms with Gasteiger partial charge in [-0.15, -0.1) is 0 Å². The highest BCUT2D eigenvalue weighted by molar-refractivity contribution is 5.95. The monoisotopic (exact) mass is 209 g/mol. The van der Waals surface area contributed by atoms with Crippen molar-refractivity contribution in [2.45, 2.75) is 0 Å². The van der Waals surface area contributed by atoms with E-state index in [1.165, 1.54) is 10.9 Å². The molecule has 3 heteroatoms. The maximum absolute atomic E-state index is 4.20. The van der Waals surface area contributed by atoms with Gasteiger partial charge in [-0.05, 0) is 17.0 Å². The maximum atomic E-state index is 4.20. The minimum Gasteiger partial charge on any atom is -0.275 e. The van der Waals surface area contributed by atoms with Gasteiger partial charge in [0.25, 0.3) is 0 Å². The Bertz CT molecular complexity index is 635. The van der Waals surface area contributed by atoms with Crippen molar-refractivity contribution in [1.29, 1.82) is 0 Å². The number of hydrogen-bond donors (Lipinski definition) is 0. The predicted octanol–water partition coefficient (Wildman–Crippen LogP) is 2.64. The largest absolute Gasteiger partial charge is 0.275 e. The molecule has 0 spiro atoms. The fraction of sp³-hybridized carbons (Fsp3) is 0.0769. The Morgan fingerprint density at radius 1 is 1.12 bits per heavy atom. The molecule has 78 valence electrons. The summed E-state index contributed by atoms with van der Waals surface area (Å²) in [7, 11) is 1.93. The molecule has 0 aliphatic heterocycles. The molecule has 0 bridgehead atoms. The third-order valence-corrected chi connectivity index (χ3v) is 2.70. The Morgan fingerprint density at radius 3 is 2.88 bits per heavy atom. The summed E-state index contributed by atoms with van der Waals surface area (Å²) in [6.07, 6.45) is 7.61. The molecule has 3 aromatic rings. The van der Waals surface area contributed by atoms with Gasteiger partial charge >= 0.3 is 0 Å². The number of rotatable bonds is 1. The van der Waals surface area contributed by atoms with E-state index in [4.69, 9.17) is 0 Å². The predicted molar refractivity (Wildman–Crippen MR) is 63.9 cm³/mol. The van der Waals surface area contributed by atoms with Crippen LogP contribution in [0.3, 0.4) is 0 Å². The summed E-state index contributed by atoms with van der Waals surface area (Å²) in [4.78, 5) is 4.13. The van der Waals surface area contributed by atoms with Gasteiger partial charge in [0.1, 0.15) is 0 Å². The third-order valence-electron chi connectivity index (χ3n) is 2.70. The third kappa shape index (κ3) is 1.37. The van der Waals surface area contributed by atoms with E-state index >= 15 is 0 Å². The van der Waals surface area contributed by atoms with Gasteiger partial charge in [-0.1, -0.05) is 18.2 Å². The highest BCUT2D eigenvalue weighted by Gasteiger charge is 2.04. The lowest BCUT2D eigenvalue weighted by Crippen LogP contribution is -1.84. The number of aryl methyl sites for hydroxylation is 1. The van der Waals surface area contributed by atoms with E-state index in [1.54, 1.807) is 0 Å². The summed E-state index contributed by atoms with van der Waals surface area (Å²) < 4.78 is 1.81. The Labute approximate surface area is 93.4 Å². The molecule has 0 N–H and O–H groups in total. The van der Waals surface area contributed by atoms with Crippen LogP contribution in [0.15, 0.2) is 49.1 Å². The van der Waals surface area contributed by atoms with Crippen LogP contribution in [0, 0.1) is 0 Å². The molecule has 0 aliphatic carbocycles. The fourth-order valence-corrected chi connectivity index (χ4v) is 1.93. The summed E-state index contributed by atoms with van der Waals surface area (Å²) in [5.41, 5.74) is 2.34. The number of nitrogens with zero attached hydrogens (tertiary/aromatic N) is 3. The van der Waals surface area contributed by atoms with E-state index < -0.39 is 0 Å². The van der Waals surface area contributed by atoms with Crippen LogP contribution >= 0.6 is 0 Å². The normalized spacial score (nSPS) is 10.8. The average molecular weight is 209 g/mol. The fourth-order valence-electron chi connectivity index (χ4n) is 1.93. The molecule has 0 radical (unpaired) electrons. The highest BCUT2D eigenvalue weighted by Crippen LogP contribution is 2.27. The molecular formula is C13H11N3. The van der Waals surface area contributed by atoms with Crippen LogP contribution in [0.25, 0.3) is 21.9 Å². The Morgan fingerprint density at radius 2 is 2.06 bits per heavy atom. The van der Waals surface area contributed by atoms with Crippen molar-refractivity contribution in [2.75, 3.05) is 0 Å². The van der Waals surface area contributed by atoms with Gasteiger partial charge in [0.2, 0.25) is 0 Å². The van der Waals surface area contributed by atoms with Crippen LogP contribution in [-0.2, 0) is 7.05 Å². The Balaban J connectivity index is 2.31. The first-order valence-electron chi connectivity index (χ1n) is 5.16. The average Bonchev–Trinajstić information content (AvgIpc) is 2.75. The van der Waals surface area contributed by atoms with E-state index in [0.29, 0.717) is 0 Å². The van der Waals surface area contributed by atoms with Crippen molar-refractivity contribution in [3.05, 3.63) is 49.1 Å². The van der Waals surface area contributed by atoms with Crippen LogP contribution in [0.2, 0.25) is 0 Å². The molecule has 16 heavy (non-hydrogen) atoms. The second kappa shape index (κ2) is 3.45. The summed E-state index contributed by atoms with van der Waals surface area (Å²) in [6, 6.07) is 8.27. The highest BCUT2D eigenvalue weighted by atomic mass is 15.2. The minimum atomic E-state index is 1.14. The zero-order valence-electron chi connectivity index (χ0n) is 8.96. The lowest BCUT2D eigenvalue weighted by atomic mass is 10.0. The molecule has 0 saturated carbocycles. The number of fused-ring (bicyclic) bond motifs is 1. The first-order chi connectivity index (χ1) is 7.84. The van der Waals surface area contributed by atoms with Crippen molar-refractivity contribution >= 4 is 10.8 Å². The van der Waals surface area contributed by atoms with Gasteiger partial charge in [0.05, 0.1) is 6.20 Å². The molecule has 1 aromatic carbocycles. The zero-order valence-corrected chi connectivity index (χ0v) is 8.96. The SMILES string of the molecule is Cn1cc(-c2cccc3cnccc23)cn1. The molecule has 0 aliphatic rings. The van der Waals surface area contributed by atoms with E-state index in [0.717, 1.165) is 10.9 Å². The Hall–Kier alpha value is -2.16. The smallest absolute Gasteiger partial charge is 0.0568 e. The van der Waals surface area contributed by atoms with Crippen molar-refractivity contribution in [3.8, 4) is 11.1 Å². The van der Waals surface area contributed by atoms with Crippen LogP contribution < -0.4 is 0 Å². The van der Waals surface area contributed by atoms with Gasteiger partial charge in [-0.3, -0.25) is 9.67 Å². The summed E-state index contributed by atoms with van der Waals surface area (Å²) in [5, 5.41) is 6.57. The standard InChI is InChI=1S/C13H11N3/c1-16-9-11(8-15-16)12-4-2-3-10-7-14-6-5-13(10)12/h2-9H,1H3. The van der Waals surface area contributed by atoms with Crippen molar-refractivity contribution < 1.29 is 0 Å². The Kier molecular flexibility index (Phi) is 1.96.